The van der Waals surface area contributed by atoms with Crippen molar-refractivity contribution in [3.05, 3.63) is 39.6 Å². The molecule has 0 spiro atoms. The molecule has 2 heterocycles. The molecule has 3 amide bonds. The average molecular weight is 467 g/mol. The number of rotatable bonds is 8. The Morgan fingerprint density at radius 1 is 1.23 bits per heavy atom. The van der Waals surface area contributed by atoms with Crippen molar-refractivity contribution in [2.45, 2.75) is 19.9 Å². The summed E-state index contributed by atoms with van der Waals surface area (Å²) in [5, 5.41) is 4.06. The molecule has 0 fully saturated rings. The van der Waals surface area contributed by atoms with E-state index < -0.39 is 33.4 Å². The summed E-state index contributed by atoms with van der Waals surface area (Å²) in [7, 11) is -2.11. The van der Waals surface area contributed by atoms with Crippen molar-refractivity contribution in [2.24, 2.45) is 0 Å². The van der Waals surface area contributed by atoms with Crippen molar-refractivity contribution in [3.8, 4) is 11.5 Å². The Kier molecular flexibility index (Phi) is 6.37. The molecule has 166 valence electrons. The van der Waals surface area contributed by atoms with E-state index in [4.69, 9.17) is 9.47 Å². The van der Waals surface area contributed by atoms with Gasteiger partial charge in [-0.2, -0.15) is 0 Å². The van der Waals surface area contributed by atoms with E-state index in [1.54, 1.807) is 25.1 Å². The second kappa shape index (κ2) is 8.67. The van der Waals surface area contributed by atoms with Crippen LogP contribution in [0.4, 0.5) is 5.69 Å². The third-order valence-electron chi connectivity index (χ3n) is 4.59. The zero-order chi connectivity index (χ0) is 22.9. The van der Waals surface area contributed by atoms with Crippen molar-refractivity contribution >= 4 is 44.6 Å². The van der Waals surface area contributed by atoms with Gasteiger partial charge in [-0.1, -0.05) is 6.07 Å². The fraction of sp³-hybridized carbons (Fsp3) is 0.350. The highest BCUT2D eigenvalue weighted by atomic mass is 32.2. The van der Waals surface area contributed by atoms with Crippen molar-refractivity contribution in [3.63, 3.8) is 0 Å². The summed E-state index contributed by atoms with van der Waals surface area (Å²) in [6.45, 7) is 3.42. The number of carbonyl (C=O) groups excluding carboxylic acids is 3. The fourth-order valence-corrected chi connectivity index (χ4v) is 5.23. The Bertz CT molecular complexity index is 1150. The molecule has 9 nitrogen and oxygen atoms in total. The van der Waals surface area contributed by atoms with E-state index in [9.17, 15) is 22.8 Å². The Morgan fingerprint density at radius 2 is 1.94 bits per heavy atom. The van der Waals surface area contributed by atoms with Gasteiger partial charge in [-0.15, -0.1) is 11.3 Å². The molecule has 0 unspecified atom stereocenters. The van der Waals surface area contributed by atoms with Crippen LogP contribution in [-0.2, 0) is 14.6 Å². The molecule has 1 N–H and O–H groups in total. The highest BCUT2D eigenvalue weighted by Gasteiger charge is 2.44. The number of amides is 3. The van der Waals surface area contributed by atoms with Crippen molar-refractivity contribution in [1.29, 1.82) is 0 Å². The number of methoxy groups -OCH3 is 1. The van der Waals surface area contributed by atoms with Gasteiger partial charge in [0.1, 0.15) is 14.7 Å². The van der Waals surface area contributed by atoms with Gasteiger partial charge in [-0.3, -0.25) is 19.3 Å². The summed E-state index contributed by atoms with van der Waals surface area (Å²) in [4.78, 5) is 38.9. The number of nitrogens with zero attached hydrogens (tertiary/aromatic N) is 1. The molecule has 3 rings (SSSR count). The monoisotopic (exact) mass is 466 g/mol. The first-order chi connectivity index (χ1) is 14.6. The number of fused-ring (bicyclic) bond motifs is 1. The first-order valence-electron chi connectivity index (χ1n) is 9.32. The van der Waals surface area contributed by atoms with Crippen LogP contribution < -0.4 is 14.8 Å². The number of sulfone groups is 1. The largest absolute Gasteiger partial charge is 0.493 e. The van der Waals surface area contributed by atoms with Crippen molar-refractivity contribution in [2.75, 3.05) is 31.0 Å². The fourth-order valence-electron chi connectivity index (χ4n) is 3.39. The molecule has 31 heavy (non-hydrogen) atoms. The SMILES string of the molecule is CCOc1cc([C@@H](CS(C)(=O)=O)N2C(=O)c3scc(NC(C)=O)c3C2=O)ccc1OC. The maximum Gasteiger partial charge on any atom is 0.272 e. The lowest BCUT2D eigenvalue weighted by molar-refractivity contribution is -0.114. The second-order valence-electron chi connectivity index (χ2n) is 6.97. The first-order valence-corrected chi connectivity index (χ1v) is 12.3. The lowest BCUT2D eigenvalue weighted by atomic mass is 10.1. The quantitative estimate of drug-likeness (QED) is 0.594. The van der Waals surface area contributed by atoms with Gasteiger partial charge in [-0.25, -0.2) is 8.42 Å². The Balaban J connectivity index is 2.09. The van der Waals surface area contributed by atoms with Crippen molar-refractivity contribution in [1.82, 2.24) is 4.90 Å². The summed E-state index contributed by atoms with van der Waals surface area (Å²) >= 11 is 1.02. The van der Waals surface area contributed by atoms with Crippen LogP contribution in [0.25, 0.3) is 0 Å². The number of hydrogen-bond donors (Lipinski definition) is 1. The Hall–Kier alpha value is -2.92. The maximum atomic E-state index is 13.2. The summed E-state index contributed by atoms with van der Waals surface area (Å²) in [5.41, 5.74) is 0.714. The Labute approximate surface area is 183 Å². The zero-order valence-electron chi connectivity index (χ0n) is 17.4. The van der Waals surface area contributed by atoms with Crippen LogP contribution >= 0.6 is 11.3 Å². The number of benzene rings is 1. The predicted octanol–water partition coefficient (Wildman–Crippen LogP) is 2.50. The lowest BCUT2D eigenvalue weighted by Gasteiger charge is -2.27. The van der Waals surface area contributed by atoms with Crippen LogP contribution in [0, 0.1) is 0 Å². The van der Waals surface area contributed by atoms with Gasteiger partial charge in [0.15, 0.2) is 11.5 Å². The van der Waals surface area contributed by atoms with E-state index in [0.717, 1.165) is 22.5 Å². The standard InChI is InChI=1S/C20H22N2O7S2/c1-5-29-16-8-12(6-7-15(16)28-3)14(10-31(4,26)27)22-19(24)17-13(21-11(2)23)9-30-18(17)20(22)25/h6-9,14H,5,10H2,1-4H3,(H,21,23)/t14-/m1/s1. The van der Waals surface area contributed by atoms with E-state index in [2.05, 4.69) is 5.32 Å². The molecular formula is C20H22N2O7S2. The lowest BCUT2D eigenvalue weighted by Crippen LogP contribution is -2.38. The van der Waals surface area contributed by atoms with Gasteiger partial charge >= 0.3 is 0 Å². The number of ether oxygens (including phenoxy) is 2. The van der Waals surface area contributed by atoms with Gasteiger partial charge < -0.3 is 14.8 Å². The summed E-state index contributed by atoms with van der Waals surface area (Å²) in [5.74, 6) is -1.31. The smallest absolute Gasteiger partial charge is 0.272 e. The van der Waals surface area contributed by atoms with E-state index in [0.29, 0.717) is 23.7 Å². The number of thiophene rings is 1. The van der Waals surface area contributed by atoms with Crippen LogP contribution in [0.15, 0.2) is 23.6 Å². The number of imide groups is 1. The van der Waals surface area contributed by atoms with Gasteiger partial charge in [0.2, 0.25) is 5.91 Å². The molecule has 0 bridgehead atoms. The predicted molar refractivity (Wildman–Crippen MR) is 116 cm³/mol. The zero-order valence-corrected chi connectivity index (χ0v) is 19.1. The molecule has 0 saturated heterocycles. The van der Waals surface area contributed by atoms with Crippen LogP contribution in [-0.4, -0.2) is 56.8 Å². The molecule has 0 saturated carbocycles. The van der Waals surface area contributed by atoms with Gasteiger partial charge in [-0.05, 0) is 24.6 Å². The minimum atomic E-state index is -3.58. The summed E-state index contributed by atoms with van der Waals surface area (Å²) < 4.78 is 35.2. The van der Waals surface area contributed by atoms with E-state index in [1.807, 2.05) is 0 Å². The second-order valence-corrected chi connectivity index (χ2v) is 10.0. The number of hydrogen-bond acceptors (Lipinski definition) is 8. The van der Waals surface area contributed by atoms with Crippen LogP contribution in [0.5, 0.6) is 11.5 Å². The normalized spacial score (nSPS) is 14.4. The molecule has 2 aromatic rings. The third kappa shape index (κ3) is 4.57. The number of carbonyl (C=O) groups is 3. The average Bonchev–Trinajstić information content (AvgIpc) is 3.19. The molecule has 1 aromatic heterocycles. The van der Waals surface area contributed by atoms with Crippen LogP contribution in [0.1, 0.15) is 45.5 Å². The molecule has 0 radical (unpaired) electrons. The van der Waals surface area contributed by atoms with E-state index >= 15 is 0 Å². The minimum Gasteiger partial charge on any atom is -0.493 e. The first kappa shape index (κ1) is 22.8. The number of anilines is 1. The topological polar surface area (TPSA) is 119 Å². The summed E-state index contributed by atoms with van der Waals surface area (Å²) in [6.07, 6.45) is 1.04. The van der Waals surface area contributed by atoms with Crippen LogP contribution in [0.2, 0.25) is 0 Å². The third-order valence-corrected chi connectivity index (χ3v) is 6.48. The van der Waals surface area contributed by atoms with E-state index in [-0.39, 0.29) is 22.0 Å². The number of nitrogens with one attached hydrogen (secondary N) is 1. The molecule has 1 aromatic carbocycles. The van der Waals surface area contributed by atoms with E-state index in [1.165, 1.54) is 19.4 Å². The minimum absolute atomic E-state index is 0.0715. The van der Waals surface area contributed by atoms with Gasteiger partial charge in [0, 0.05) is 18.6 Å². The molecule has 1 aliphatic rings. The highest BCUT2D eigenvalue weighted by Crippen LogP contribution is 2.41. The maximum absolute atomic E-state index is 13.2. The van der Waals surface area contributed by atoms with Gasteiger partial charge in [0.05, 0.1) is 36.8 Å². The van der Waals surface area contributed by atoms with Crippen LogP contribution in [0.3, 0.4) is 0 Å². The molecule has 1 atom stereocenters. The summed E-state index contributed by atoms with van der Waals surface area (Å²) in [6, 6.07) is 3.68. The molecule has 0 aliphatic carbocycles. The molecular weight excluding hydrogens is 444 g/mol. The van der Waals surface area contributed by atoms with Crippen molar-refractivity contribution < 1.29 is 32.3 Å². The Morgan fingerprint density at radius 3 is 2.52 bits per heavy atom. The highest BCUT2D eigenvalue weighted by molar-refractivity contribution is 7.90. The molecule has 1 aliphatic heterocycles. The van der Waals surface area contributed by atoms with Gasteiger partial charge in [0.25, 0.3) is 11.8 Å². The molecule has 11 heteroatoms.